The van der Waals surface area contributed by atoms with E-state index < -0.39 is 0 Å². The van der Waals surface area contributed by atoms with Gasteiger partial charge in [0, 0.05) is 37.1 Å². The van der Waals surface area contributed by atoms with Crippen LogP contribution in [0.5, 0.6) is 0 Å². The molecule has 1 unspecified atom stereocenters. The van der Waals surface area contributed by atoms with Gasteiger partial charge >= 0.3 is 0 Å². The largest absolute Gasteiger partial charge is 0.396 e. The Balaban J connectivity index is 2.01. The van der Waals surface area contributed by atoms with Crippen molar-refractivity contribution >= 4 is 22.4 Å². The first-order valence-electron chi connectivity index (χ1n) is 7.59. The van der Waals surface area contributed by atoms with Gasteiger partial charge in [0.25, 0.3) is 0 Å². The molecule has 1 aliphatic heterocycles. The Morgan fingerprint density at radius 3 is 2.95 bits per heavy atom. The van der Waals surface area contributed by atoms with Crippen LogP contribution in [0.2, 0.25) is 0 Å². The van der Waals surface area contributed by atoms with Crippen LogP contribution in [0.1, 0.15) is 29.8 Å². The first-order valence-corrected chi connectivity index (χ1v) is 8.41. The Labute approximate surface area is 135 Å². The first kappa shape index (κ1) is 17.2. The summed E-state index contributed by atoms with van der Waals surface area (Å²) >= 11 is 1.38. The molecule has 1 saturated heterocycles. The number of piperidine rings is 1. The molecule has 124 valence electrons. The van der Waals surface area contributed by atoms with Gasteiger partial charge in [-0.2, -0.15) is 0 Å². The highest BCUT2D eigenvalue weighted by Gasteiger charge is 2.36. The molecule has 0 saturated carbocycles. The van der Waals surface area contributed by atoms with Crippen LogP contribution >= 0.6 is 11.3 Å². The SMILES string of the molecule is COCCC1(CO)CCCN(C(=O)Cc2sc(N)nc2C)C1. The number of aliphatic hydroxyl groups excluding tert-OH is 1. The van der Waals surface area contributed by atoms with E-state index in [4.69, 9.17) is 10.5 Å². The number of hydrogen-bond acceptors (Lipinski definition) is 6. The van der Waals surface area contributed by atoms with E-state index in [0.29, 0.717) is 24.7 Å². The number of anilines is 1. The average molecular weight is 327 g/mol. The number of rotatable bonds is 6. The fourth-order valence-electron chi connectivity index (χ4n) is 3.02. The Hall–Kier alpha value is -1.18. The minimum Gasteiger partial charge on any atom is -0.396 e. The van der Waals surface area contributed by atoms with Crippen molar-refractivity contribution in [2.24, 2.45) is 5.41 Å². The van der Waals surface area contributed by atoms with Crippen LogP contribution in [-0.4, -0.2) is 54.3 Å². The maximum Gasteiger partial charge on any atom is 0.227 e. The summed E-state index contributed by atoms with van der Waals surface area (Å²) in [5, 5.41) is 10.3. The molecule has 2 rings (SSSR count). The second-order valence-corrected chi connectivity index (χ2v) is 7.17. The van der Waals surface area contributed by atoms with Crippen molar-refractivity contribution in [2.75, 3.05) is 39.1 Å². The molecule has 6 nitrogen and oxygen atoms in total. The molecule has 1 fully saturated rings. The summed E-state index contributed by atoms with van der Waals surface area (Å²) in [6, 6.07) is 0. The van der Waals surface area contributed by atoms with Crippen molar-refractivity contribution in [3.63, 3.8) is 0 Å². The van der Waals surface area contributed by atoms with Gasteiger partial charge in [-0.1, -0.05) is 0 Å². The van der Waals surface area contributed by atoms with Gasteiger partial charge in [0.1, 0.15) is 0 Å². The van der Waals surface area contributed by atoms with Gasteiger partial charge in [-0.15, -0.1) is 11.3 Å². The summed E-state index contributed by atoms with van der Waals surface area (Å²) in [4.78, 5) is 19.5. The lowest BCUT2D eigenvalue weighted by Gasteiger charge is -2.42. The highest BCUT2D eigenvalue weighted by atomic mass is 32.1. The van der Waals surface area contributed by atoms with Crippen molar-refractivity contribution in [3.05, 3.63) is 10.6 Å². The van der Waals surface area contributed by atoms with Gasteiger partial charge in [-0.05, 0) is 26.2 Å². The Bertz CT molecular complexity index is 520. The number of nitrogen functional groups attached to an aromatic ring is 1. The highest BCUT2D eigenvalue weighted by Crippen LogP contribution is 2.33. The number of nitrogens with zero attached hydrogens (tertiary/aromatic N) is 2. The lowest BCUT2D eigenvalue weighted by Crippen LogP contribution is -2.48. The molecule has 0 aliphatic carbocycles. The summed E-state index contributed by atoms with van der Waals surface area (Å²) in [6.45, 7) is 3.92. The second kappa shape index (κ2) is 7.39. The van der Waals surface area contributed by atoms with E-state index in [0.717, 1.165) is 36.4 Å². The molecule has 0 bridgehead atoms. The number of aromatic nitrogens is 1. The van der Waals surface area contributed by atoms with Gasteiger partial charge in [0.15, 0.2) is 5.13 Å². The van der Waals surface area contributed by atoms with Crippen molar-refractivity contribution < 1.29 is 14.6 Å². The number of carbonyl (C=O) groups excluding carboxylic acids is 1. The lowest BCUT2D eigenvalue weighted by molar-refractivity contribution is -0.135. The smallest absolute Gasteiger partial charge is 0.227 e. The van der Waals surface area contributed by atoms with Crippen LogP contribution in [0.3, 0.4) is 0 Å². The minimum absolute atomic E-state index is 0.0849. The van der Waals surface area contributed by atoms with E-state index in [1.165, 1.54) is 11.3 Å². The zero-order chi connectivity index (χ0) is 16.2. The number of methoxy groups -OCH3 is 1. The molecule has 1 aliphatic rings. The predicted octanol–water partition coefficient (Wildman–Crippen LogP) is 1.21. The fourth-order valence-corrected chi connectivity index (χ4v) is 3.84. The topological polar surface area (TPSA) is 88.7 Å². The zero-order valence-corrected chi connectivity index (χ0v) is 14.1. The standard InChI is InChI=1S/C15H25N3O3S/c1-11-12(22-14(16)17-11)8-13(20)18-6-3-4-15(9-18,10-19)5-7-21-2/h19H,3-10H2,1-2H3,(H2,16,17). The minimum atomic E-state index is -0.230. The maximum absolute atomic E-state index is 12.6. The number of thiazole rings is 1. The molecule has 1 aromatic rings. The van der Waals surface area contributed by atoms with E-state index in [1.54, 1.807) is 7.11 Å². The second-order valence-electron chi connectivity index (χ2n) is 6.06. The quantitative estimate of drug-likeness (QED) is 0.820. The first-order chi connectivity index (χ1) is 10.5. The molecule has 1 atom stereocenters. The average Bonchev–Trinajstić information content (AvgIpc) is 2.83. The third-order valence-electron chi connectivity index (χ3n) is 4.41. The van der Waals surface area contributed by atoms with E-state index in [-0.39, 0.29) is 17.9 Å². The number of aliphatic hydroxyl groups is 1. The van der Waals surface area contributed by atoms with Crippen molar-refractivity contribution in [1.82, 2.24) is 9.88 Å². The molecule has 1 amide bonds. The molecule has 3 N–H and O–H groups in total. The third kappa shape index (κ3) is 3.97. The molecule has 1 aromatic heterocycles. The summed E-state index contributed by atoms with van der Waals surface area (Å²) in [5.74, 6) is 0.0849. The Morgan fingerprint density at radius 1 is 1.59 bits per heavy atom. The number of likely N-dealkylation sites (tertiary alicyclic amines) is 1. The molecular weight excluding hydrogens is 302 g/mol. The van der Waals surface area contributed by atoms with Crippen LogP contribution in [-0.2, 0) is 16.0 Å². The Morgan fingerprint density at radius 2 is 2.36 bits per heavy atom. The molecule has 7 heteroatoms. The number of aryl methyl sites for hydroxylation is 1. The number of amides is 1. The van der Waals surface area contributed by atoms with Crippen LogP contribution in [0.15, 0.2) is 0 Å². The van der Waals surface area contributed by atoms with Gasteiger partial charge in [-0.3, -0.25) is 4.79 Å². The number of carbonyl (C=O) groups is 1. The normalized spacial score (nSPS) is 22.0. The predicted molar refractivity (Wildman–Crippen MR) is 86.8 cm³/mol. The highest BCUT2D eigenvalue weighted by molar-refractivity contribution is 7.15. The Kier molecular flexibility index (Phi) is 5.77. The van der Waals surface area contributed by atoms with Gasteiger partial charge in [0.05, 0.1) is 18.7 Å². The summed E-state index contributed by atoms with van der Waals surface area (Å²) in [7, 11) is 1.66. The third-order valence-corrected chi connectivity index (χ3v) is 5.39. The molecule has 0 spiro atoms. The summed E-state index contributed by atoms with van der Waals surface area (Å²) in [5.41, 5.74) is 6.29. The molecule has 0 radical (unpaired) electrons. The number of ether oxygens (including phenoxy) is 1. The summed E-state index contributed by atoms with van der Waals surface area (Å²) < 4.78 is 5.15. The monoisotopic (exact) mass is 327 g/mol. The number of hydrogen-bond donors (Lipinski definition) is 2. The molecular formula is C15H25N3O3S. The van der Waals surface area contributed by atoms with Crippen molar-refractivity contribution in [1.29, 1.82) is 0 Å². The maximum atomic E-state index is 12.6. The van der Waals surface area contributed by atoms with Crippen molar-refractivity contribution in [3.8, 4) is 0 Å². The zero-order valence-electron chi connectivity index (χ0n) is 13.3. The van der Waals surface area contributed by atoms with Gasteiger partial charge in [-0.25, -0.2) is 4.98 Å². The van der Waals surface area contributed by atoms with E-state index in [2.05, 4.69) is 4.98 Å². The van der Waals surface area contributed by atoms with Crippen LogP contribution in [0.4, 0.5) is 5.13 Å². The van der Waals surface area contributed by atoms with E-state index in [1.807, 2.05) is 11.8 Å². The molecule has 22 heavy (non-hydrogen) atoms. The van der Waals surface area contributed by atoms with E-state index >= 15 is 0 Å². The van der Waals surface area contributed by atoms with Crippen LogP contribution in [0, 0.1) is 12.3 Å². The van der Waals surface area contributed by atoms with Crippen molar-refractivity contribution in [2.45, 2.75) is 32.6 Å². The van der Waals surface area contributed by atoms with Crippen LogP contribution < -0.4 is 5.73 Å². The molecule has 2 heterocycles. The lowest BCUT2D eigenvalue weighted by atomic mass is 9.78. The van der Waals surface area contributed by atoms with Gasteiger partial charge < -0.3 is 20.5 Å². The van der Waals surface area contributed by atoms with E-state index in [9.17, 15) is 9.90 Å². The van der Waals surface area contributed by atoms with Gasteiger partial charge in [0.2, 0.25) is 5.91 Å². The summed E-state index contributed by atoms with van der Waals surface area (Å²) in [6.07, 6.45) is 2.96. The fraction of sp³-hybridized carbons (Fsp3) is 0.733. The van der Waals surface area contributed by atoms with Crippen LogP contribution in [0.25, 0.3) is 0 Å². The number of nitrogens with two attached hydrogens (primary N) is 1. The molecule has 0 aromatic carbocycles.